The predicted octanol–water partition coefficient (Wildman–Crippen LogP) is 8.90. The predicted molar refractivity (Wildman–Crippen MR) is 192 cm³/mol. The fourth-order valence-corrected chi connectivity index (χ4v) is 9.09. The van der Waals surface area contributed by atoms with Crippen LogP contribution in [-0.2, 0) is 19.3 Å². The lowest BCUT2D eigenvalue weighted by molar-refractivity contribution is -0.0873. The van der Waals surface area contributed by atoms with Gasteiger partial charge in [-0.25, -0.2) is 4.39 Å². The Morgan fingerprint density at radius 1 is 1.00 bits per heavy atom. The minimum atomic E-state index is -0.924. The molecule has 0 aromatic heterocycles. The quantitative estimate of drug-likeness (QED) is 0.195. The molecule has 3 aromatic rings. The molecule has 2 N–H and O–H groups in total. The van der Waals surface area contributed by atoms with Crippen molar-refractivity contribution in [2.45, 2.75) is 102 Å². The molecule has 3 aromatic carbocycles. The Bertz CT molecular complexity index is 1600. The Labute approximate surface area is 291 Å². The molecule has 48 heavy (non-hydrogen) atoms. The minimum Gasteiger partial charge on any atom is -0.393 e. The monoisotopic (exact) mass is 671 g/mol. The van der Waals surface area contributed by atoms with Crippen molar-refractivity contribution in [1.29, 1.82) is 0 Å². The van der Waals surface area contributed by atoms with Crippen molar-refractivity contribution in [2.75, 3.05) is 19.6 Å². The first-order valence-corrected chi connectivity index (χ1v) is 18.3. The number of aliphatic hydroxyl groups is 2. The first-order chi connectivity index (χ1) is 23.0. The lowest BCUT2D eigenvalue weighted by Gasteiger charge is -2.47. The summed E-state index contributed by atoms with van der Waals surface area (Å²) in [5.41, 5.74) is 3.83. The number of hydrogen-bond donors (Lipinski definition) is 2. The molecule has 4 unspecified atom stereocenters. The second-order valence-electron chi connectivity index (χ2n) is 15.2. The molecule has 256 valence electrons. The lowest BCUT2D eigenvalue weighted by Crippen LogP contribution is -2.53. The molecule has 4 atom stereocenters. The number of halogens is 2. The van der Waals surface area contributed by atoms with Crippen LogP contribution in [0.3, 0.4) is 0 Å². The number of ketones is 1. The molecular weight excluding hydrogens is 621 g/mol. The van der Waals surface area contributed by atoms with Gasteiger partial charge in [-0.15, -0.1) is 0 Å². The van der Waals surface area contributed by atoms with Crippen LogP contribution in [0.4, 0.5) is 4.39 Å². The molecule has 2 bridgehead atoms. The van der Waals surface area contributed by atoms with E-state index in [9.17, 15) is 19.4 Å². The van der Waals surface area contributed by atoms with Crippen LogP contribution in [0, 0.1) is 17.2 Å². The number of carbonyl (C=O) groups excluding carboxylic acids is 1. The molecule has 4 aliphatic rings. The SMILES string of the molecule is CC1=CCCC2(C)C(CCC2(O)CN2CCC(Cc3ccccc3)CC2)c2ccc(cc2C(=O)Cc2c(F)cccc2Cl)CC(O)CC1. The first kappa shape index (κ1) is 35.0. The Morgan fingerprint density at radius 3 is 2.52 bits per heavy atom. The van der Waals surface area contributed by atoms with Crippen molar-refractivity contribution in [1.82, 2.24) is 4.90 Å². The number of hydrogen-bond acceptors (Lipinski definition) is 4. The van der Waals surface area contributed by atoms with Gasteiger partial charge in [0.25, 0.3) is 0 Å². The Morgan fingerprint density at radius 2 is 1.77 bits per heavy atom. The molecular formula is C42H51ClFNO3. The molecule has 2 fully saturated rings. The number of carbonyl (C=O) groups is 1. The number of Topliss-reactive ketones (excluding diaryl/α,β-unsaturated/α-hetero) is 1. The summed E-state index contributed by atoms with van der Waals surface area (Å²) in [4.78, 5) is 16.6. The summed E-state index contributed by atoms with van der Waals surface area (Å²) in [7, 11) is 0. The van der Waals surface area contributed by atoms with Crippen LogP contribution >= 0.6 is 11.6 Å². The summed E-state index contributed by atoms with van der Waals surface area (Å²) >= 11 is 6.38. The third-order valence-corrected chi connectivity index (χ3v) is 12.3. The van der Waals surface area contributed by atoms with E-state index in [0.29, 0.717) is 37.3 Å². The van der Waals surface area contributed by atoms with Gasteiger partial charge < -0.3 is 15.1 Å². The van der Waals surface area contributed by atoms with Gasteiger partial charge in [-0.1, -0.05) is 78.7 Å². The van der Waals surface area contributed by atoms with Crippen LogP contribution < -0.4 is 0 Å². The Kier molecular flexibility index (Phi) is 10.9. The van der Waals surface area contributed by atoms with Gasteiger partial charge in [0.15, 0.2) is 5.78 Å². The Hall–Kier alpha value is -2.83. The van der Waals surface area contributed by atoms with Crippen LogP contribution in [0.1, 0.15) is 104 Å². The van der Waals surface area contributed by atoms with Gasteiger partial charge in [-0.2, -0.15) is 0 Å². The van der Waals surface area contributed by atoms with Crippen LogP contribution in [0.15, 0.2) is 78.4 Å². The summed E-state index contributed by atoms with van der Waals surface area (Å²) in [6, 6.07) is 21.3. The average Bonchev–Trinajstić information content (AvgIpc) is 3.32. The fraction of sp³-hybridized carbons (Fsp3) is 0.500. The molecule has 1 heterocycles. The summed E-state index contributed by atoms with van der Waals surface area (Å²) in [5.74, 6) is -0.0691. The summed E-state index contributed by atoms with van der Waals surface area (Å²) < 4.78 is 14.9. The second-order valence-corrected chi connectivity index (χ2v) is 15.6. The lowest BCUT2D eigenvalue weighted by atomic mass is 9.64. The number of aliphatic hydroxyl groups excluding tert-OH is 1. The summed E-state index contributed by atoms with van der Waals surface area (Å²) in [6.07, 6.45) is 9.89. The normalized spacial score (nSPS) is 27.3. The molecule has 3 aliphatic carbocycles. The third-order valence-electron chi connectivity index (χ3n) is 11.9. The molecule has 0 radical (unpaired) electrons. The van der Waals surface area contributed by atoms with Crippen molar-refractivity contribution in [3.63, 3.8) is 0 Å². The number of fused-ring (bicyclic) bond motifs is 8. The van der Waals surface area contributed by atoms with Crippen molar-refractivity contribution in [3.8, 4) is 0 Å². The number of likely N-dealkylation sites (tertiary alicyclic amines) is 1. The second kappa shape index (κ2) is 15.0. The van der Waals surface area contributed by atoms with E-state index < -0.39 is 22.9 Å². The van der Waals surface area contributed by atoms with Gasteiger partial charge in [0.05, 0.1) is 11.7 Å². The van der Waals surface area contributed by atoms with Crippen molar-refractivity contribution >= 4 is 17.4 Å². The molecule has 0 spiro atoms. The largest absolute Gasteiger partial charge is 0.393 e. The zero-order valence-electron chi connectivity index (χ0n) is 28.6. The molecule has 0 amide bonds. The minimum absolute atomic E-state index is 0.0521. The summed E-state index contributed by atoms with van der Waals surface area (Å²) in [5, 5.41) is 23.9. The van der Waals surface area contributed by atoms with Gasteiger partial charge >= 0.3 is 0 Å². The van der Waals surface area contributed by atoms with Gasteiger partial charge in [-0.05, 0) is 131 Å². The highest BCUT2D eigenvalue weighted by molar-refractivity contribution is 6.31. The van der Waals surface area contributed by atoms with Crippen molar-refractivity contribution in [3.05, 3.63) is 117 Å². The zero-order chi connectivity index (χ0) is 33.9. The zero-order valence-corrected chi connectivity index (χ0v) is 29.3. The molecule has 1 saturated heterocycles. The fourth-order valence-electron chi connectivity index (χ4n) is 8.86. The number of benzene rings is 3. The number of rotatable bonds is 7. The maximum absolute atomic E-state index is 14.9. The highest BCUT2D eigenvalue weighted by Gasteiger charge is 2.57. The van der Waals surface area contributed by atoms with E-state index in [1.165, 1.54) is 17.2 Å². The molecule has 1 aliphatic heterocycles. The maximum Gasteiger partial charge on any atom is 0.167 e. The first-order valence-electron chi connectivity index (χ1n) is 18.0. The molecule has 7 rings (SSSR count). The number of nitrogens with zero attached hydrogens (tertiary/aromatic N) is 1. The third kappa shape index (κ3) is 7.65. The van der Waals surface area contributed by atoms with Crippen LogP contribution in [-0.4, -0.2) is 52.2 Å². The van der Waals surface area contributed by atoms with Crippen LogP contribution in [0.2, 0.25) is 5.02 Å². The number of piperidine rings is 1. The smallest absolute Gasteiger partial charge is 0.167 e. The van der Waals surface area contributed by atoms with E-state index >= 15 is 0 Å². The highest BCUT2D eigenvalue weighted by Crippen LogP contribution is 2.59. The number of allylic oxidation sites excluding steroid dienone is 2. The van der Waals surface area contributed by atoms with Gasteiger partial charge in [-0.3, -0.25) is 4.79 Å². The molecule has 6 heteroatoms. The van der Waals surface area contributed by atoms with E-state index in [1.807, 2.05) is 12.1 Å². The Balaban J connectivity index is 1.30. The van der Waals surface area contributed by atoms with Gasteiger partial charge in [0.2, 0.25) is 0 Å². The maximum atomic E-state index is 14.9. The van der Waals surface area contributed by atoms with E-state index in [0.717, 1.165) is 69.2 Å². The van der Waals surface area contributed by atoms with Crippen LogP contribution in [0.25, 0.3) is 0 Å². The standard InChI is InChI=1S/C42H51ClFNO3/c1-29-8-7-20-41(2)37(17-21-42(41,48)28-45-22-18-31(19-23-45)24-30-9-4-3-5-10-30)34-16-14-32(25-33(46)15-13-29)26-35(34)40(47)27-36-38(43)11-6-12-39(36)44/h3-6,8-12,14,16,26,31,33,37,46,48H,7,13,15,17-25,27-28H2,1-2H3. The molecule has 4 nitrogen and oxygen atoms in total. The van der Waals surface area contributed by atoms with Crippen molar-refractivity contribution in [2.24, 2.45) is 11.3 Å². The van der Waals surface area contributed by atoms with E-state index in [-0.39, 0.29) is 28.7 Å². The van der Waals surface area contributed by atoms with E-state index in [1.54, 1.807) is 12.1 Å². The van der Waals surface area contributed by atoms with E-state index in [4.69, 9.17) is 11.6 Å². The highest BCUT2D eigenvalue weighted by atomic mass is 35.5. The van der Waals surface area contributed by atoms with Crippen LogP contribution in [0.5, 0.6) is 0 Å². The van der Waals surface area contributed by atoms with E-state index in [2.05, 4.69) is 61.2 Å². The van der Waals surface area contributed by atoms with Gasteiger partial charge in [0, 0.05) is 34.5 Å². The number of β-amino-alcohol motifs (C(OH)–C–C–N with tert-alkyl or cyclic N) is 1. The molecule has 1 saturated carbocycles. The summed E-state index contributed by atoms with van der Waals surface area (Å²) in [6.45, 7) is 6.95. The van der Waals surface area contributed by atoms with Gasteiger partial charge in [0.1, 0.15) is 5.82 Å². The average molecular weight is 672 g/mol. The topological polar surface area (TPSA) is 60.8 Å². The van der Waals surface area contributed by atoms with Crippen molar-refractivity contribution < 1.29 is 19.4 Å².